The molecule has 0 aromatic carbocycles. The maximum Gasteiger partial charge on any atom is 0.309 e. The van der Waals surface area contributed by atoms with Gasteiger partial charge in [-0.3, -0.25) is 4.79 Å². The van der Waals surface area contributed by atoms with E-state index >= 15 is 0 Å². The van der Waals surface area contributed by atoms with E-state index < -0.39 is 30.0 Å². The van der Waals surface area contributed by atoms with Crippen LogP contribution in [0.15, 0.2) is 0 Å². The number of hydrogen-bond acceptors (Lipinski definition) is 4. The lowest BCUT2D eigenvalue weighted by Crippen LogP contribution is -2.32. The van der Waals surface area contributed by atoms with Crippen LogP contribution in [-0.2, 0) is 4.79 Å². The Kier molecular flexibility index (Phi) is 2.66. The molecule has 0 spiro atoms. The van der Waals surface area contributed by atoms with E-state index in [0.29, 0.717) is 0 Å². The summed E-state index contributed by atoms with van der Waals surface area (Å²) >= 11 is 0. The summed E-state index contributed by atoms with van der Waals surface area (Å²) in [5, 5.41) is 35.6. The van der Waals surface area contributed by atoms with Crippen molar-refractivity contribution in [3.05, 3.63) is 0 Å². The van der Waals surface area contributed by atoms with Gasteiger partial charge in [-0.2, -0.15) is 0 Å². The first-order valence-corrected chi connectivity index (χ1v) is 3.77. The lowest BCUT2D eigenvalue weighted by Gasteiger charge is -2.13. The predicted molar refractivity (Wildman–Crippen MR) is 38.3 cm³/mol. The molecule has 1 aliphatic rings. The highest BCUT2D eigenvalue weighted by atomic mass is 16.4. The van der Waals surface area contributed by atoms with Crippen molar-refractivity contribution in [3.8, 4) is 0 Å². The van der Waals surface area contributed by atoms with Crippen molar-refractivity contribution in [3.63, 3.8) is 0 Å². The number of carbonyl (C=O) groups is 1. The van der Waals surface area contributed by atoms with Crippen LogP contribution in [0, 0.1) is 11.8 Å². The maximum absolute atomic E-state index is 10.5. The topological polar surface area (TPSA) is 98.0 Å². The quantitative estimate of drug-likeness (QED) is 0.407. The Labute approximate surface area is 69.3 Å². The molecule has 1 aliphatic carbocycles. The minimum atomic E-state index is -1.25. The van der Waals surface area contributed by atoms with Crippen molar-refractivity contribution in [2.75, 3.05) is 6.61 Å². The number of hydrogen-bond donors (Lipinski definition) is 4. The van der Waals surface area contributed by atoms with E-state index in [2.05, 4.69) is 0 Å². The van der Waals surface area contributed by atoms with Crippen LogP contribution in [0.5, 0.6) is 0 Å². The van der Waals surface area contributed by atoms with E-state index in [1.807, 2.05) is 0 Å². The van der Waals surface area contributed by atoms with Crippen LogP contribution in [-0.4, -0.2) is 45.2 Å². The molecule has 12 heavy (non-hydrogen) atoms. The Morgan fingerprint density at radius 2 is 1.92 bits per heavy atom. The van der Waals surface area contributed by atoms with Crippen molar-refractivity contribution in [2.45, 2.75) is 18.6 Å². The number of carboxylic acid groups (broad SMARTS) is 1. The summed E-state index contributed by atoms with van der Waals surface area (Å²) in [6.07, 6.45) is -2.23. The van der Waals surface area contributed by atoms with Crippen LogP contribution in [0.4, 0.5) is 0 Å². The van der Waals surface area contributed by atoms with E-state index in [1.165, 1.54) is 0 Å². The molecule has 1 saturated carbocycles. The zero-order valence-electron chi connectivity index (χ0n) is 6.42. The van der Waals surface area contributed by atoms with Gasteiger partial charge in [-0.25, -0.2) is 0 Å². The molecule has 0 radical (unpaired) electrons. The summed E-state index contributed by atoms with van der Waals surface area (Å²) in [6, 6.07) is 0. The van der Waals surface area contributed by atoms with Gasteiger partial charge in [-0.05, 0) is 6.42 Å². The van der Waals surface area contributed by atoms with Crippen molar-refractivity contribution in [1.82, 2.24) is 0 Å². The molecule has 0 saturated heterocycles. The summed E-state index contributed by atoms with van der Waals surface area (Å²) in [5.74, 6) is -2.59. The third-order valence-corrected chi connectivity index (χ3v) is 2.35. The molecule has 4 unspecified atom stereocenters. The fourth-order valence-electron chi connectivity index (χ4n) is 1.55. The molecule has 5 heteroatoms. The molecule has 0 bridgehead atoms. The molecule has 70 valence electrons. The first-order valence-electron chi connectivity index (χ1n) is 3.77. The van der Waals surface area contributed by atoms with Crippen LogP contribution in [0.25, 0.3) is 0 Å². The van der Waals surface area contributed by atoms with Crippen LogP contribution in [0.2, 0.25) is 0 Å². The highest BCUT2D eigenvalue weighted by Crippen LogP contribution is 2.31. The SMILES string of the molecule is O=C(O)C1CC(CO)C(O)C1O. The predicted octanol–water partition coefficient (Wildman–Crippen LogP) is -1.58. The normalized spacial score (nSPS) is 41.6. The molecule has 0 aliphatic heterocycles. The number of aliphatic hydroxyl groups is 3. The monoisotopic (exact) mass is 176 g/mol. The molecule has 5 nitrogen and oxygen atoms in total. The van der Waals surface area contributed by atoms with Gasteiger partial charge in [0.05, 0.1) is 18.1 Å². The fourth-order valence-corrected chi connectivity index (χ4v) is 1.55. The minimum absolute atomic E-state index is 0.133. The zero-order chi connectivity index (χ0) is 9.30. The molecule has 1 rings (SSSR count). The first kappa shape index (κ1) is 9.44. The van der Waals surface area contributed by atoms with Crippen LogP contribution in [0.1, 0.15) is 6.42 Å². The first-order chi connectivity index (χ1) is 5.57. The second-order valence-corrected chi connectivity index (χ2v) is 3.10. The van der Waals surface area contributed by atoms with Crippen LogP contribution < -0.4 is 0 Å². The molecule has 0 aromatic heterocycles. The second-order valence-electron chi connectivity index (χ2n) is 3.10. The third-order valence-electron chi connectivity index (χ3n) is 2.35. The van der Waals surface area contributed by atoms with Gasteiger partial charge in [-0.1, -0.05) is 0 Å². The van der Waals surface area contributed by atoms with E-state index in [9.17, 15) is 15.0 Å². The van der Waals surface area contributed by atoms with Crippen molar-refractivity contribution >= 4 is 5.97 Å². The number of aliphatic carboxylic acids is 1. The lowest BCUT2D eigenvalue weighted by atomic mass is 10.1. The Balaban J connectivity index is 2.66. The van der Waals surface area contributed by atoms with Gasteiger partial charge in [0, 0.05) is 12.5 Å². The standard InChI is InChI=1S/C7H12O5/c8-2-3-1-4(7(11)12)6(10)5(3)9/h3-6,8-10H,1-2H2,(H,11,12). The summed E-state index contributed by atoms with van der Waals surface area (Å²) in [5.41, 5.74) is 0. The van der Waals surface area contributed by atoms with Gasteiger partial charge in [0.2, 0.25) is 0 Å². The lowest BCUT2D eigenvalue weighted by molar-refractivity contribution is -0.145. The summed E-state index contributed by atoms with van der Waals surface area (Å²) < 4.78 is 0. The molecule has 0 heterocycles. The van der Waals surface area contributed by atoms with E-state index in [0.717, 1.165) is 0 Å². The minimum Gasteiger partial charge on any atom is -0.481 e. The average molecular weight is 176 g/mol. The summed E-state index contributed by atoms with van der Waals surface area (Å²) in [7, 11) is 0. The second kappa shape index (κ2) is 3.38. The number of aliphatic hydroxyl groups excluding tert-OH is 3. The smallest absolute Gasteiger partial charge is 0.309 e. The Hall–Kier alpha value is -0.650. The van der Waals surface area contributed by atoms with Gasteiger partial charge >= 0.3 is 5.97 Å². The number of carboxylic acids is 1. The number of rotatable bonds is 2. The highest BCUT2D eigenvalue weighted by molar-refractivity contribution is 5.71. The van der Waals surface area contributed by atoms with Crippen LogP contribution in [0.3, 0.4) is 0 Å². The van der Waals surface area contributed by atoms with Crippen LogP contribution >= 0.6 is 0 Å². The van der Waals surface area contributed by atoms with Gasteiger partial charge in [0.25, 0.3) is 0 Å². The van der Waals surface area contributed by atoms with Gasteiger partial charge in [-0.15, -0.1) is 0 Å². The average Bonchev–Trinajstić information content (AvgIpc) is 2.30. The zero-order valence-corrected chi connectivity index (χ0v) is 6.42. The third kappa shape index (κ3) is 1.43. The molecular weight excluding hydrogens is 164 g/mol. The molecular formula is C7H12O5. The van der Waals surface area contributed by atoms with Crippen molar-refractivity contribution in [2.24, 2.45) is 11.8 Å². The van der Waals surface area contributed by atoms with Gasteiger partial charge < -0.3 is 20.4 Å². The molecule has 0 amide bonds. The fraction of sp³-hybridized carbons (Fsp3) is 0.857. The van der Waals surface area contributed by atoms with Gasteiger partial charge in [0.1, 0.15) is 0 Å². The summed E-state index contributed by atoms with van der Waals surface area (Å²) in [4.78, 5) is 10.5. The Morgan fingerprint density at radius 3 is 2.17 bits per heavy atom. The largest absolute Gasteiger partial charge is 0.481 e. The van der Waals surface area contributed by atoms with Crippen molar-refractivity contribution in [1.29, 1.82) is 0 Å². The summed E-state index contributed by atoms with van der Waals surface area (Å²) in [6.45, 7) is -0.290. The van der Waals surface area contributed by atoms with E-state index in [4.69, 9.17) is 10.2 Å². The molecule has 0 aromatic rings. The molecule has 4 atom stereocenters. The molecule has 1 fully saturated rings. The van der Waals surface area contributed by atoms with E-state index in [1.54, 1.807) is 0 Å². The maximum atomic E-state index is 10.5. The highest BCUT2D eigenvalue weighted by Gasteiger charge is 2.44. The van der Waals surface area contributed by atoms with E-state index in [-0.39, 0.29) is 13.0 Å². The molecule has 4 N–H and O–H groups in total. The Bertz CT molecular complexity index is 181. The Morgan fingerprint density at radius 1 is 1.33 bits per heavy atom. The van der Waals surface area contributed by atoms with Crippen molar-refractivity contribution < 1.29 is 25.2 Å². The van der Waals surface area contributed by atoms with Gasteiger partial charge in [0.15, 0.2) is 0 Å².